The Morgan fingerprint density at radius 1 is 1.17 bits per heavy atom. The van der Waals surface area contributed by atoms with Gasteiger partial charge in [0.25, 0.3) is 0 Å². The third-order valence-electron chi connectivity index (χ3n) is 3.45. The molecule has 23 heavy (non-hydrogen) atoms. The van der Waals surface area contributed by atoms with Crippen molar-refractivity contribution in [2.75, 3.05) is 19.0 Å². The minimum Gasteiger partial charge on any atom is -0.493 e. The maximum Gasteiger partial charge on any atom is 0.162 e. The average Bonchev–Trinajstić information content (AvgIpc) is 2.55. The van der Waals surface area contributed by atoms with Crippen LogP contribution in [0.1, 0.15) is 24.5 Å². The summed E-state index contributed by atoms with van der Waals surface area (Å²) in [4.78, 5) is 0. The summed E-state index contributed by atoms with van der Waals surface area (Å²) in [5, 5.41) is 4.13. The summed E-state index contributed by atoms with van der Waals surface area (Å²) in [6.07, 6.45) is 0.957. The lowest BCUT2D eigenvalue weighted by atomic mass is 10.2. The van der Waals surface area contributed by atoms with Gasteiger partial charge in [-0.1, -0.05) is 40.5 Å². The molecular weight excluding hydrogens is 378 g/mol. The molecule has 0 aliphatic heterocycles. The van der Waals surface area contributed by atoms with E-state index in [1.165, 1.54) is 0 Å². The lowest BCUT2D eigenvalue weighted by Crippen LogP contribution is -2.03. The van der Waals surface area contributed by atoms with Crippen LogP contribution in [0.3, 0.4) is 0 Å². The number of methoxy groups -OCH3 is 1. The van der Waals surface area contributed by atoms with Gasteiger partial charge in [0.1, 0.15) is 0 Å². The van der Waals surface area contributed by atoms with Gasteiger partial charge in [0.2, 0.25) is 0 Å². The van der Waals surface area contributed by atoms with Gasteiger partial charge in [0.05, 0.1) is 13.7 Å². The zero-order chi connectivity index (χ0) is 16.8. The second-order valence-corrected chi connectivity index (χ2v) is 6.52. The molecule has 0 saturated carbocycles. The molecule has 0 bridgehead atoms. The first-order valence-electron chi connectivity index (χ1n) is 7.54. The zero-order valence-electron chi connectivity index (χ0n) is 13.6. The zero-order valence-corrected chi connectivity index (χ0v) is 15.9. The SMILES string of the molecule is CCCOc1cc(Br)c(CNc2ccc(C)c(Cl)c2)cc1OC. The highest BCUT2D eigenvalue weighted by Crippen LogP contribution is 2.34. The fourth-order valence-electron chi connectivity index (χ4n) is 2.10. The molecule has 0 amide bonds. The largest absolute Gasteiger partial charge is 0.493 e. The molecule has 0 unspecified atom stereocenters. The van der Waals surface area contributed by atoms with E-state index in [9.17, 15) is 0 Å². The van der Waals surface area contributed by atoms with Crippen LogP contribution in [0.4, 0.5) is 5.69 Å². The molecule has 0 heterocycles. The fraction of sp³-hybridized carbons (Fsp3) is 0.333. The lowest BCUT2D eigenvalue weighted by molar-refractivity contribution is 0.294. The van der Waals surface area contributed by atoms with Crippen LogP contribution < -0.4 is 14.8 Å². The van der Waals surface area contributed by atoms with Gasteiger partial charge in [-0.3, -0.25) is 0 Å². The van der Waals surface area contributed by atoms with Crippen molar-refractivity contribution in [2.24, 2.45) is 0 Å². The number of aryl methyl sites for hydroxylation is 1. The summed E-state index contributed by atoms with van der Waals surface area (Å²) in [5.41, 5.74) is 3.14. The van der Waals surface area contributed by atoms with Crippen molar-refractivity contribution < 1.29 is 9.47 Å². The molecule has 2 aromatic carbocycles. The van der Waals surface area contributed by atoms with Crippen LogP contribution in [0.15, 0.2) is 34.8 Å². The van der Waals surface area contributed by atoms with Crippen LogP contribution in [-0.4, -0.2) is 13.7 Å². The minimum absolute atomic E-state index is 0.657. The van der Waals surface area contributed by atoms with E-state index in [4.69, 9.17) is 21.1 Å². The highest BCUT2D eigenvalue weighted by atomic mass is 79.9. The molecule has 1 N–H and O–H groups in total. The van der Waals surface area contributed by atoms with Gasteiger partial charge in [-0.15, -0.1) is 0 Å². The summed E-state index contributed by atoms with van der Waals surface area (Å²) in [6, 6.07) is 9.89. The number of benzene rings is 2. The topological polar surface area (TPSA) is 30.5 Å². The molecule has 0 atom stereocenters. The fourth-order valence-corrected chi connectivity index (χ4v) is 2.74. The molecule has 5 heteroatoms. The first kappa shape index (κ1) is 18.0. The Morgan fingerprint density at radius 3 is 2.61 bits per heavy atom. The second-order valence-electron chi connectivity index (χ2n) is 5.26. The molecule has 0 aliphatic carbocycles. The van der Waals surface area contributed by atoms with Gasteiger partial charge in [0, 0.05) is 21.7 Å². The molecule has 3 nitrogen and oxygen atoms in total. The van der Waals surface area contributed by atoms with Crippen molar-refractivity contribution in [3.05, 3.63) is 51.0 Å². The molecule has 0 radical (unpaired) electrons. The Morgan fingerprint density at radius 2 is 1.96 bits per heavy atom. The Kier molecular flexibility index (Phi) is 6.60. The van der Waals surface area contributed by atoms with Crippen LogP contribution in [-0.2, 0) is 6.54 Å². The van der Waals surface area contributed by atoms with Crippen molar-refractivity contribution in [1.29, 1.82) is 0 Å². The maximum absolute atomic E-state index is 6.16. The van der Waals surface area contributed by atoms with E-state index in [-0.39, 0.29) is 0 Å². The van der Waals surface area contributed by atoms with Gasteiger partial charge in [-0.05, 0) is 48.7 Å². The summed E-state index contributed by atoms with van der Waals surface area (Å²) >= 11 is 9.76. The second kappa shape index (κ2) is 8.46. The summed E-state index contributed by atoms with van der Waals surface area (Å²) in [6.45, 7) is 5.39. The smallest absolute Gasteiger partial charge is 0.162 e. The van der Waals surface area contributed by atoms with E-state index in [1.807, 2.05) is 37.3 Å². The van der Waals surface area contributed by atoms with E-state index in [0.717, 1.165) is 44.2 Å². The normalized spacial score (nSPS) is 10.5. The number of rotatable bonds is 7. The van der Waals surface area contributed by atoms with Crippen molar-refractivity contribution in [1.82, 2.24) is 0 Å². The minimum atomic E-state index is 0.657. The highest BCUT2D eigenvalue weighted by Gasteiger charge is 2.10. The summed E-state index contributed by atoms with van der Waals surface area (Å²) < 4.78 is 12.1. The Balaban J connectivity index is 2.14. The third kappa shape index (κ3) is 4.79. The molecule has 0 spiro atoms. The van der Waals surface area contributed by atoms with Gasteiger partial charge in [-0.25, -0.2) is 0 Å². The molecule has 2 aromatic rings. The monoisotopic (exact) mass is 397 g/mol. The number of hydrogen-bond acceptors (Lipinski definition) is 3. The summed E-state index contributed by atoms with van der Waals surface area (Å²) in [7, 11) is 1.65. The number of halogens is 2. The quantitative estimate of drug-likeness (QED) is 0.637. The van der Waals surface area contributed by atoms with Crippen LogP contribution in [0.25, 0.3) is 0 Å². The molecule has 2 rings (SSSR count). The van der Waals surface area contributed by atoms with Gasteiger partial charge in [0.15, 0.2) is 11.5 Å². The molecule has 0 fully saturated rings. The van der Waals surface area contributed by atoms with Crippen LogP contribution in [0, 0.1) is 6.92 Å². The third-order valence-corrected chi connectivity index (χ3v) is 4.59. The Bertz CT molecular complexity index is 676. The van der Waals surface area contributed by atoms with Crippen molar-refractivity contribution in [3.8, 4) is 11.5 Å². The lowest BCUT2D eigenvalue weighted by Gasteiger charge is -2.15. The van der Waals surface area contributed by atoms with Crippen molar-refractivity contribution in [2.45, 2.75) is 26.8 Å². The van der Waals surface area contributed by atoms with E-state index in [2.05, 4.69) is 28.2 Å². The van der Waals surface area contributed by atoms with Gasteiger partial charge < -0.3 is 14.8 Å². The molecule has 124 valence electrons. The molecular formula is C18H21BrClNO2. The summed E-state index contributed by atoms with van der Waals surface area (Å²) in [5.74, 6) is 1.49. The number of anilines is 1. The van der Waals surface area contributed by atoms with E-state index < -0.39 is 0 Å². The molecule has 0 saturated heterocycles. The predicted molar refractivity (Wildman–Crippen MR) is 100.0 cm³/mol. The first-order chi connectivity index (χ1) is 11.0. The van der Waals surface area contributed by atoms with Crippen LogP contribution in [0.5, 0.6) is 11.5 Å². The highest BCUT2D eigenvalue weighted by molar-refractivity contribution is 9.10. The maximum atomic E-state index is 6.16. The van der Waals surface area contributed by atoms with E-state index in [1.54, 1.807) is 7.11 Å². The van der Waals surface area contributed by atoms with Gasteiger partial charge in [-0.2, -0.15) is 0 Å². The van der Waals surface area contributed by atoms with E-state index in [0.29, 0.717) is 13.2 Å². The van der Waals surface area contributed by atoms with E-state index >= 15 is 0 Å². The van der Waals surface area contributed by atoms with Crippen LogP contribution in [0.2, 0.25) is 5.02 Å². The number of nitrogens with one attached hydrogen (secondary N) is 1. The predicted octanol–water partition coefficient (Wildman–Crippen LogP) is 5.82. The van der Waals surface area contributed by atoms with Gasteiger partial charge >= 0.3 is 0 Å². The van der Waals surface area contributed by atoms with Crippen molar-refractivity contribution >= 4 is 33.2 Å². The number of hydrogen-bond donors (Lipinski definition) is 1. The Labute approximate surface area is 151 Å². The Hall–Kier alpha value is -1.39. The number of ether oxygens (including phenoxy) is 2. The van der Waals surface area contributed by atoms with Crippen LogP contribution >= 0.6 is 27.5 Å². The molecule has 0 aliphatic rings. The first-order valence-corrected chi connectivity index (χ1v) is 8.71. The van der Waals surface area contributed by atoms with Crippen molar-refractivity contribution in [3.63, 3.8) is 0 Å². The molecule has 0 aromatic heterocycles. The average molecular weight is 399 g/mol. The standard InChI is InChI=1S/C18H21BrClNO2/c1-4-7-23-18-10-15(19)13(8-17(18)22-3)11-21-14-6-5-12(2)16(20)9-14/h5-6,8-10,21H,4,7,11H2,1-3H3.